The summed E-state index contributed by atoms with van der Waals surface area (Å²) in [6, 6.07) is 23.6. The maximum atomic E-state index is 13.0. The molecule has 5 heteroatoms. The minimum Gasteiger partial charge on any atom is -0.493 e. The van der Waals surface area contributed by atoms with Crippen molar-refractivity contribution < 1.29 is 14.3 Å². The lowest BCUT2D eigenvalue weighted by Crippen LogP contribution is -2.30. The fraction of sp³-hybridized carbons (Fsp3) is 0.167. The number of anilines is 2. The predicted octanol–water partition coefficient (Wildman–Crippen LogP) is 5.00. The Morgan fingerprint density at radius 3 is 2.34 bits per heavy atom. The van der Waals surface area contributed by atoms with Gasteiger partial charge in [-0.3, -0.25) is 9.59 Å². The Labute approximate surface area is 170 Å². The molecule has 0 bridgehead atoms. The van der Waals surface area contributed by atoms with Crippen LogP contribution in [0.5, 0.6) is 5.75 Å². The number of rotatable bonds is 7. The van der Waals surface area contributed by atoms with Gasteiger partial charge < -0.3 is 15.0 Å². The van der Waals surface area contributed by atoms with Crippen LogP contribution in [0.15, 0.2) is 78.9 Å². The first kappa shape index (κ1) is 20.1. The average molecular weight is 388 g/mol. The number of amides is 2. The van der Waals surface area contributed by atoms with Gasteiger partial charge in [0.15, 0.2) is 0 Å². The predicted molar refractivity (Wildman–Crippen MR) is 116 cm³/mol. The molecular formula is C24H24N2O3. The number of hydrogen-bond acceptors (Lipinski definition) is 3. The van der Waals surface area contributed by atoms with Crippen LogP contribution >= 0.6 is 0 Å². The van der Waals surface area contributed by atoms with Gasteiger partial charge in [0.05, 0.1) is 12.2 Å². The van der Waals surface area contributed by atoms with Gasteiger partial charge in [-0.05, 0) is 56.3 Å². The van der Waals surface area contributed by atoms with E-state index in [0.29, 0.717) is 35.7 Å². The van der Waals surface area contributed by atoms with Gasteiger partial charge in [-0.15, -0.1) is 0 Å². The van der Waals surface area contributed by atoms with E-state index in [2.05, 4.69) is 5.32 Å². The first-order valence-corrected chi connectivity index (χ1v) is 9.64. The van der Waals surface area contributed by atoms with Crippen molar-refractivity contribution in [2.24, 2.45) is 0 Å². The van der Waals surface area contributed by atoms with Crippen molar-refractivity contribution in [2.75, 3.05) is 23.4 Å². The fourth-order valence-electron chi connectivity index (χ4n) is 3.07. The number of ether oxygens (including phenoxy) is 1. The SMILES string of the molecule is CCOc1ccccc1C(=O)Nc1cccc(C(=O)N(CC)c2ccccc2)c1. The van der Waals surface area contributed by atoms with Crippen LogP contribution in [0.4, 0.5) is 11.4 Å². The topological polar surface area (TPSA) is 58.6 Å². The van der Waals surface area contributed by atoms with E-state index < -0.39 is 0 Å². The van der Waals surface area contributed by atoms with Crippen LogP contribution in [-0.4, -0.2) is 25.0 Å². The molecule has 0 aliphatic heterocycles. The van der Waals surface area contributed by atoms with Gasteiger partial charge >= 0.3 is 0 Å². The van der Waals surface area contributed by atoms with Crippen molar-refractivity contribution in [2.45, 2.75) is 13.8 Å². The largest absolute Gasteiger partial charge is 0.493 e. The van der Waals surface area contributed by atoms with Crippen LogP contribution in [0.2, 0.25) is 0 Å². The lowest BCUT2D eigenvalue weighted by Gasteiger charge is -2.21. The maximum Gasteiger partial charge on any atom is 0.259 e. The van der Waals surface area contributed by atoms with Gasteiger partial charge in [0.25, 0.3) is 11.8 Å². The average Bonchev–Trinajstić information content (AvgIpc) is 2.76. The highest BCUT2D eigenvalue weighted by Gasteiger charge is 2.17. The summed E-state index contributed by atoms with van der Waals surface area (Å²) in [5, 5.41) is 2.86. The van der Waals surface area contributed by atoms with Crippen molar-refractivity contribution in [3.63, 3.8) is 0 Å². The second kappa shape index (κ2) is 9.55. The molecule has 3 aromatic carbocycles. The summed E-state index contributed by atoms with van der Waals surface area (Å²) in [6.07, 6.45) is 0. The van der Waals surface area contributed by atoms with Crippen LogP contribution in [-0.2, 0) is 0 Å². The van der Waals surface area contributed by atoms with Crippen LogP contribution < -0.4 is 15.0 Å². The molecule has 0 aliphatic carbocycles. The van der Waals surface area contributed by atoms with E-state index in [1.165, 1.54) is 0 Å². The van der Waals surface area contributed by atoms with Crippen LogP contribution in [0, 0.1) is 0 Å². The molecule has 0 fully saturated rings. The van der Waals surface area contributed by atoms with Gasteiger partial charge in [0.1, 0.15) is 5.75 Å². The Balaban J connectivity index is 1.81. The standard InChI is InChI=1S/C24H24N2O3/c1-3-26(20-13-6-5-7-14-20)24(28)18-11-10-12-19(17-18)25-23(27)21-15-8-9-16-22(21)29-4-2/h5-17H,3-4H2,1-2H3,(H,25,27). The van der Waals surface area contributed by atoms with Gasteiger partial charge in [0.2, 0.25) is 0 Å². The van der Waals surface area contributed by atoms with Crippen molar-refractivity contribution in [3.8, 4) is 5.75 Å². The minimum absolute atomic E-state index is 0.121. The van der Waals surface area contributed by atoms with E-state index in [1.54, 1.807) is 47.4 Å². The Morgan fingerprint density at radius 2 is 1.62 bits per heavy atom. The summed E-state index contributed by atoms with van der Waals surface area (Å²) in [4.78, 5) is 27.4. The molecule has 0 aliphatic rings. The number of nitrogens with zero attached hydrogens (tertiary/aromatic N) is 1. The number of para-hydroxylation sites is 2. The van der Waals surface area contributed by atoms with Crippen LogP contribution in [0.3, 0.4) is 0 Å². The molecule has 0 saturated heterocycles. The first-order valence-electron chi connectivity index (χ1n) is 9.64. The first-order chi connectivity index (χ1) is 14.1. The Kier molecular flexibility index (Phi) is 6.63. The smallest absolute Gasteiger partial charge is 0.259 e. The second-order valence-corrected chi connectivity index (χ2v) is 6.35. The lowest BCUT2D eigenvalue weighted by molar-refractivity contribution is 0.0985. The van der Waals surface area contributed by atoms with Gasteiger partial charge in [-0.2, -0.15) is 0 Å². The molecule has 3 rings (SSSR count). The molecule has 0 unspecified atom stereocenters. The van der Waals surface area contributed by atoms with Crippen LogP contribution in [0.1, 0.15) is 34.6 Å². The van der Waals surface area contributed by atoms with Gasteiger partial charge in [-0.25, -0.2) is 0 Å². The highest BCUT2D eigenvalue weighted by Crippen LogP contribution is 2.22. The van der Waals surface area contributed by atoms with E-state index in [0.717, 1.165) is 5.69 Å². The molecule has 0 saturated carbocycles. The molecule has 0 heterocycles. The van der Waals surface area contributed by atoms with Crippen molar-refractivity contribution >= 4 is 23.2 Å². The number of benzene rings is 3. The van der Waals surface area contributed by atoms with Crippen LogP contribution in [0.25, 0.3) is 0 Å². The molecule has 0 spiro atoms. The molecule has 3 aromatic rings. The number of carbonyl (C=O) groups is 2. The Bertz CT molecular complexity index is 986. The summed E-state index contributed by atoms with van der Waals surface area (Å²) in [5.74, 6) is 0.125. The highest BCUT2D eigenvalue weighted by atomic mass is 16.5. The fourth-order valence-corrected chi connectivity index (χ4v) is 3.07. The van der Waals surface area contributed by atoms with E-state index in [4.69, 9.17) is 4.74 Å². The third-order valence-corrected chi connectivity index (χ3v) is 4.43. The quantitative estimate of drug-likeness (QED) is 0.619. The normalized spacial score (nSPS) is 10.3. The van der Waals surface area contributed by atoms with Gasteiger partial charge in [0, 0.05) is 23.5 Å². The minimum atomic E-state index is -0.283. The molecule has 5 nitrogen and oxygen atoms in total. The molecule has 1 N–H and O–H groups in total. The van der Waals surface area contributed by atoms with Crippen molar-refractivity contribution in [1.29, 1.82) is 0 Å². The van der Waals surface area contributed by atoms with E-state index in [9.17, 15) is 9.59 Å². The summed E-state index contributed by atoms with van der Waals surface area (Å²) in [7, 11) is 0. The van der Waals surface area contributed by atoms with E-state index >= 15 is 0 Å². The Morgan fingerprint density at radius 1 is 0.897 bits per heavy atom. The third kappa shape index (κ3) is 4.82. The molecule has 148 valence electrons. The Hall–Kier alpha value is -3.60. The summed E-state index contributed by atoms with van der Waals surface area (Å²) in [6.45, 7) is 4.82. The second-order valence-electron chi connectivity index (χ2n) is 6.35. The summed E-state index contributed by atoms with van der Waals surface area (Å²) >= 11 is 0. The van der Waals surface area contributed by atoms with E-state index in [1.807, 2.05) is 50.2 Å². The molecular weight excluding hydrogens is 364 g/mol. The molecule has 0 radical (unpaired) electrons. The molecule has 0 atom stereocenters. The van der Waals surface area contributed by atoms with Crippen molar-refractivity contribution in [3.05, 3.63) is 90.0 Å². The summed E-state index contributed by atoms with van der Waals surface area (Å²) < 4.78 is 5.53. The number of hydrogen-bond donors (Lipinski definition) is 1. The molecule has 0 aromatic heterocycles. The van der Waals surface area contributed by atoms with Gasteiger partial charge in [-0.1, -0.05) is 36.4 Å². The zero-order valence-corrected chi connectivity index (χ0v) is 16.6. The number of nitrogens with one attached hydrogen (secondary N) is 1. The lowest BCUT2D eigenvalue weighted by atomic mass is 10.1. The maximum absolute atomic E-state index is 13.0. The molecule has 29 heavy (non-hydrogen) atoms. The summed E-state index contributed by atoms with van der Waals surface area (Å²) in [5.41, 5.74) is 2.34. The van der Waals surface area contributed by atoms with Crippen molar-refractivity contribution in [1.82, 2.24) is 0 Å². The molecule has 2 amide bonds. The third-order valence-electron chi connectivity index (χ3n) is 4.43. The monoisotopic (exact) mass is 388 g/mol. The highest BCUT2D eigenvalue weighted by molar-refractivity contribution is 6.09. The zero-order chi connectivity index (χ0) is 20.6. The zero-order valence-electron chi connectivity index (χ0n) is 16.6. The number of carbonyl (C=O) groups excluding carboxylic acids is 2. The van der Waals surface area contributed by atoms with E-state index in [-0.39, 0.29) is 11.8 Å².